The first-order valence-corrected chi connectivity index (χ1v) is 7.81. The molecule has 0 atom stereocenters. The van der Waals surface area contributed by atoms with Gasteiger partial charge in [0.25, 0.3) is 5.91 Å². The van der Waals surface area contributed by atoms with Gasteiger partial charge in [-0.05, 0) is 32.9 Å². The average Bonchev–Trinajstić information content (AvgIpc) is 2.57. The van der Waals surface area contributed by atoms with Crippen LogP contribution < -0.4 is 5.32 Å². The van der Waals surface area contributed by atoms with E-state index in [0.717, 1.165) is 16.8 Å². The largest absolute Gasteiger partial charge is 0.322 e. The van der Waals surface area contributed by atoms with Gasteiger partial charge < -0.3 is 5.32 Å². The van der Waals surface area contributed by atoms with Crippen molar-refractivity contribution >= 4 is 11.6 Å². The lowest BCUT2D eigenvalue weighted by Crippen LogP contribution is -2.15. The van der Waals surface area contributed by atoms with E-state index < -0.39 is 0 Å². The summed E-state index contributed by atoms with van der Waals surface area (Å²) in [5.41, 5.74) is 5.16. The normalized spacial score (nSPS) is 10.5. The molecule has 0 unspecified atom stereocenters. The summed E-state index contributed by atoms with van der Waals surface area (Å²) >= 11 is 0. The number of hydrogen-bond donors (Lipinski definition) is 1. The fourth-order valence-corrected chi connectivity index (χ4v) is 2.37. The van der Waals surface area contributed by atoms with Crippen LogP contribution in [0.3, 0.4) is 0 Å². The van der Waals surface area contributed by atoms with E-state index in [4.69, 9.17) is 0 Å². The van der Waals surface area contributed by atoms with Crippen LogP contribution in [-0.4, -0.2) is 15.9 Å². The second kappa shape index (κ2) is 6.62. The van der Waals surface area contributed by atoms with Gasteiger partial charge in [0.2, 0.25) is 0 Å². The maximum Gasteiger partial charge on any atom is 0.259 e. The average molecular weight is 317 g/mol. The number of hydrogen-bond acceptors (Lipinski definition) is 3. The minimum absolute atomic E-state index is 0.202. The van der Waals surface area contributed by atoms with E-state index in [1.165, 1.54) is 5.56 Å². The molecule has 0 bridgehead atoms. The van der Waals surface area contributed by atoms with Crippen molar-refractivity contribution < 1.29 is 4.79 Å². The molecule has 1 amide bonds. The molecule has 1 heterocycles. The second-order valence-electron chi connectivity index (χ2n) is 5.88. The van der Waals surface area contributed by atoms with Gasteiger partial charge in [-0.1, -0.05) is 47.5 Å². The summed E-state index contributed by atoms with van der Waals surface area (Å²) in [4.78, 5) is 21.2. The standard InChI is InChI=1S/C20H19N3O/c1-13-4-8-16(9-5-13)19-21-12-18(15(3)22-19)20(24)23-17-10-6-14(2)7-11-17/h4-12H,1-3H3,(H,23,24). The fraction of sp³-hybridized carbons (Fsp3) is 0.150. The third-order valence-corrected chi connectivity index (χ3v) is 3.84. The molecule has 3 rings (SSSR count). The van der Waals surface area contributed by atoms with Crippen molar-refractivity contribution in [2.75, 3.05) is 5.32 Å². The Morgan fingerprint density at radius 3 is 2.04 bits per heavy atom. The van der Waals surface area contributed by atoms with Gasteiger partial charge in [-0.25, -0.2) is 9.97 Å². The highest BCUT2D eigenvalue weighted by Crippen LogP contribution is 2.18. The Hall–Kier alpha value is -3.01. The monoisotopic (exact) mass is 317 g/mol. The van der Waals surface area contributed by atoms with E-state index in [-0.39, 0.29) is 5.91 Å². The molecule has 0 spiro atoms. The molecule has 120 valence electrons. The molecule has 0 saturated carbocycles. The maximum atomic E-state index is 12.4. The number of aryl methyl sites for hydroxylation is 3. The smallest absolute Gasteiger partial charge is 0.259 e. The summed E-state index contributed by atoms with van der Waals surface area (Å²) in [6.07, 6.45) is 1.58. The van der Waals surface area contributed by atoms with Crippen LogP contribution in [0, 0.1) is 20.8 Å². The van der Waals surface area contributed by atoms with Crippen molar-refractivity contribution in [1.29, 1.82) is 0 Å². The molecule has 0 aliphatic rings. The lowest BCUT2D eigenvalue weighted by atomic mass is 10.1. The number of anilines is 1. The molecule has 1 aromatic heterocycles. The Balaban J connectivity index is 1.82. The molecule has 0 aliphatic heterocycles. The predicted octanol–water partition coefficient (Wildman–Crippen LogP) is 4.32. The van der Waals surface area contributed by atoms with Crippen LogP contribution in [-0.2, 0) is 0 Å². The van der Waals surface area contributed by atoms with Gasteiger partial charge in [0, 0.05) is 17.4 Å². The van der Waals surface area contributed by atoms with E-state index in [1.807, 2.05) is 69.3 Å². The van der Waals surface area contributed by atoms with Gasteiger partial charge in [-0.15, -0.1) is 0 Å². The fourth-order valence-electron chi connectivity index (χ4n) is 2.37. The Kier molecular flexibility index (Phi) is 4.38. The number of amides is 1. The first kappa shape index (κ1) is 15.9. The summed E-state index contributed by atoms with van der Waals surface area (Å²) in [6.45, 7) is 5.87. The van der Waals surface area contributed by atoms with Crippen molar-refractivity contribution in [2.24, 2.45) is 0 Å². The van der Waals surface area contributed by atoms with E-state index in [1.54, 1.807) is 6.20 Å². The SMILES string of the molecule is Cc1ccc(NC(=O)c2cnc(-c3ccc(C)cc3)nc2C)cc1. The Bertz CT molecular complexity index is 868. The van der Waals surface area contributed by atoms with E-state index in [9.17, 15) is 4.79 Å². The molecule has 4 nitrogen and oxygen atoms in total. The van der Waals surface area contributed by atoms with Crippen molar-refractivity contribution in [1.82, 2.24) is 9.97 Å². The minimum atomic E-state index is -0.202. The Labute approximate surface area is 141 Å². The maximum absolute atomic E-state index is 12.4. The molecule has 0 aliphatic carbocycles. The quantitative estimate of drug-likeness (QED) is 0.782. The van der Waals surface area contributed by atoms with E-state index in [2.05, 4.69) is 15.3 Å². The molecule has 3 aromatic rings. The molecule has 0 radical (unpaired) electrons. The third kappa shape index (κ3) is 3.49. The van der Waals surface area contributed by atoms with Crippen LogP contribution in [0.2, 0.25) is 0 Å². The zero-order valence-corrected chi connectivity index (χ0v) is 14.0. The zero-order chi connectivity index (χ0) is 17.1. The molecular formula is C20H19N3O. The summed E-state index contributed by atoms with van der Waals surface area (Å²) < 4.78 is 0. The molecule has 0 fully saturated rings. The topological polar surface area (TPSA) is 54.9 Å². The van der Waals surface area contributed by atoms with E-state index in [0.29, 0.717) is 17.1 Å². The lowest BCUT2D eigenvalue weighted by molar-refractivity contribution is 0.102. The third-order valence-electron chi connectivity index (χ3n) is 3.84. The summed E-state index contributed by atoms with van der Waals surface area (Å²) in [7, 11) is 0. The minimum Gasteiger partial charge on any atom is -0.322 e. The number of rotatable bonds is 3. The first-order chi connectivity index (χ1) is 11.5. The number of aromatic nitrogens is 2. The van der Waals surface area contributed by atoms with Crippen LogP contribution in [0.4, 0.5) is 5.69 Å². The van der Waals surface area contributed by atoms with Gasteiger partial charge in [-0.2, -0.15) is 0 Å². The van der Waals surface area contributed by atoms with Gasteiger partial charge in [0.15, 0.2) is 5.82 Å². The first-order valence-electron chi connectivity index (χ1n) is 7.81. The summed E-state index contributed by atoms with van der Waals surface area (Å²) in [6, 6.07) is 15.7. The number of carbonyl (C=O) groups is 1. The highest BCUT2D eigenvalue weighted by atomic mass is 16.1. The van der Waals surface area contributed by atoms with Gasteiger partial charge in [-0.3, -0.25) is 4.79 Å². The number of nitrogens with zero attached hydrogens (tertiary/aromatic N) is 2. The highest BCUT2D eigenvalue weighted by Gasteiger charge is 2.13. The predicted molar refractivity (Wildman–Crippen MR) is 96.1 cm³/mol. The molecule has 1 N–H and O–H groups in total. The molecular weight excluding hydrogens is 298 g/mol. The van der Waals surface area contributed by atoms with Gasteiger partial charge >= 0.3 is 0 Å². The lowest BCUT2D eigenvalue weighted by Gasteiger charge is -2.09. The van der Waals surface area contributed by atoms with Crippen LogP contribution in [0.1, 0.15) is 27.2 Å². The van der Waals surface area contributed by atoms with Gasteiger partial charge in [0.1, 0.15) is 0 Å². The van der Waals surface area contributed by atoms with Gasteiger partial charge in [0.05, 0.1) is 11.3 Å². The highest BCUT2D eigenvalue weighted by molar-refractivity contribution is 6.04. The number of carbonyl (C=O) groups excluding carboxylic acids is 1. The molecule has 4 heteroatoms. The van der Waals surface area contributed by atoms with Crippen molar-refractivity contribution in [3.63, 3.8) is 0 Å². The van der Waals surface area contributed by atoms with Crippen LogP contribution in [0.15, 0.2) is 54.7 Å². The summed E-state index contributed by atoms with van der Waals surface area (Å²) in [5.74, 6) is 0.422. The number of nitrogens with one attached hydrogen (secondary N) is 1. The van der Waals surface area contributed by atoms with E-state index >= 15 is 0 Å². The van der Waals surface area contributed by atoms with Crippen molar-refractivity contribution in [3.8, 4) is 11.4 Å². The number of benzene rings is 2. The van der Waals surface area contributed by atoms with Crippen molar-refractivity contribution in [2.45, 2.75) is 20.8 Å². The summed E-state index contributed by atoms with van der Waals surface area (Å²) in [5, 5.41) is 2.87. The zero-order valence-electron chi connectivity index (χ0n) is 14.0. The Morgan fingerprint density at radius 2 is 1.46 bits per heavy atom. The Morgan fingerprint density at radius 1 is 0.875 bits per heavy atom. The molecule has 24 heavy (non-hydrogen) atoms. The second-order valence-corrected chi connectivity index (χ2v) is 5.88. The molecule has 2 aromatic carbocycles. The van der Waals surface area contributed by atoms with Crippen LogP contribution >= 0.6 is 0 Å². The van der Waals surface area contributed by atoms with Crippen molar-refractivity contribution in [3.05, 3.63) is 77.1 Å². The van der Waals surface area contributed by atoms with Crippen LogP contribution in [0.25, 0.3) is 11.4 Å². The molecule has 0 saturated heterocycles. The van der Waals surface area contributed by atoms with Crippen LogP contribution in [0.5, 0.6) is 0 Å².